The lowest BCUT2D eigenvalue weighted by Crippen LogP contribution is -2.19. The molecule has 0 saturated heterocycles. The highest BCUT2D eigenvalue weighted by atomic mass is 16.6. The third-order valence-electron chi connectivity index (χ3n) is 3.30. The van der Waals surface area contributed by atoms with Crippen LogP contribution < -0.4 is 4.74 Å². The fourth-order valence-electron chi connectivity index (χ4n) is 2.27. The number of aliphatic hydroxyl groups is 1. The first-order chi connectivity index (χ1) is 11.3. The van der Waals surface area contributed by atoms with Crippen molar-refractivity contribution in [1.82, 2.24) is 0 Å². The van der Waals surface area contributed by atoms with Crippen molar-refractivity contribution in [2.24, 2.45) is 0 Å². The first-order valence-electron chi connectivity index (χ1n) is 7.07. The quantitative estimate of drug-likeness (QED) is 0.297. The van der Waals surface area contributed by atoms with Gasteiger partial charge in [-0.1, -0.05) is 5.57 Å². The molecule has 8 nitrogen and oxygen atoms in total. The number of aliphatic hydroxyl groups excluding tert-OH is 1. The van der Waals surface area contributed by atoms with E-state index in [9.17, 15) is 24.8 Å². The second kappa shape index (κ2) is 6.53. The molecule has 1 aliphatic rings. The minimum absolute atomic E-state index is 0.0303. The zero-order chi connectivity index (χ0) is 18.0. The van der Waals surface area contributed by atoms with Crippen LogP contribution in [0.1, 0.15) is 26.3 Å². The number of hydrogen-bond acceptors (Lipinski definition) is 7. The number of fused-ring (bicyclic) bond motifs is 1. The zero-order valence-corrected chi connectivity index (χ0v) is 13.3. The van der Waals surface area contributed by atoms with Crippen LogP contribution in [0.5, 0.6) is 5.75 Å². The fourth-order valence-corrected chi connectivity index (χ4v) is 2.27. The van der Waals surface area contributed by atoms with Crippen LogP contribution in [0, 0.1) is 10.1 Å². The van der Waals surface area contributed by atoms with Gasteiger partial charge in [-0.3, -0.25) is 10.1 Å². The van der Waals surface area contributed by atoms with E-state index in [2.05, 4.69) is 0 Å². The molecule has 0 atom stereocenters. The molecule has 0 spiro atoms. The van der Waals surface area contributed by atoms with E-state index < -0.39 is 22.6 Å². The summed E-state index contributed by atoms with van der Waals surface area (Å²) in [5, 5.41) is 21.5. The van der Waals surface area contributed by atoms with E-state index >= 15 is 0 Å². The lowest BCUT2D eigenvalue weighted by atomic mass is 9.98. The number of nitro groups is 1. The number of nitrogens with zero attached hydrogens (tertiary/aromatic N) is 1. The van der Waals surface area contributed by atoms with Crippen LogP contribution in [0.2, 0.25) is 0 Å². The van der Waals surface area contributed by atoms with Gasteiger partial charge in [-0.25, -0.2) is 9.59 Å². The maximum atomic E-state index is 12.3. The molecule has 0 unspecified atom stereocenters. The maximum absolute atomic E-state index is 12.3. The van der Waals surface area contributed by atoms with E-state index in [1.54, 1.807) is 20.8 Å². The molecule has 8 heteroatoms. The summed E-state index contributed by atoms with van der Waals surface area (Å²) in [5.74, 6) is -2.45. The molecule has 0 aliphatic carbocycles. The van der Waals surface area contributed by atoms with Crippen molar-refractivity contribution in [3.05, 3.63) is 50.6 Å². The van der Waals surface area contributed by atoms with Gasteiger partial charge in [-0.15, -0.1) is 0 Å². The highest BCUT2D eigenvalue weighted by molar-refractivity contribution is 6.13. The van der Waals surface area contributed by atoms with Crippen LogP contribution in [0.4, 0.5) is 5.69 Å². The summed E-state index contributed by atoms with van der Waals surface area (Å²) in [6, 6.07) is 3.36. The number of esters is 2. The normalized spacial score (nSPS) is 13.8. The van der Waals surface area contributed by atoms with Gasteiger partial charge in [0, 0.05) is 12.1 Å². The van der Waals surface area contributed by atoms with Gasteiger partial charge in [-0.2, -0.15) is 0 Å². The second-order valence-electron chi connectivity index (χ2n) is 5.15. The average molecular weight is 333 g/mol. The van der Waals surface area contributed by atoms with Crippen molar-refractivity contribution in [3.8, 4) is 5.75 Å². The first-order valence-corrected chi connectivity index (χ1v) is 7.07. The predicted molar refractivity (Wildman–Crippen MR) is 83.3 cm³/mol. The van der Waals surface area contributed by atoms with Crippen LogP contribution in [0.3, 0.4) is 0 Å². The molecular weight excluding hydrogens is 318 g/mol. The molecule has 1 aromatic rings. The SMILES string of the molecule is CCOC(=O)C1=C(O)c2cc([N+](=O)[O-])ccc2OC(=O)C1=C(C)C. The molecule has 126 valence electrons. The Balaban J connectivity index is 2.81. The summed E-state index contributed by atoms with van der Waals surface area (Å²) >= 11 is 0. The number of non-ortho nitro benzene ring substituents is 1. The van der Waals surface area contributed by atoms with Crippen molar-refractivity contribution in [3.63, 3.8) is 0 Å². The highest BCUT2D eigenvalue weighted by Gasteiger charge is 2.34. The van der Waals surface area contributed by atoms with Gasteiger partial charge in [-0.05, 0) is 26.8 Å². The Hall–Kier alpha value is -3.16. The number of carbonyl (C=O) groups is 2. The summed E-state index contributed by atoms with van der Waals surface area (Å²) in [4.78, 5) is 34.8. The van der Waals surface area contributed by atoms with Gasteiger partial charge < -0.3 is 14.6 Å². The van der Waals surface area contributed by atoms with Crippen molar-refractivity contribution < 1.29 is 29.1 Å². The van der Waals surface area contributed by atoms with E-state index in [4.69, 9.17) is 9.47 Å². The van der Waals surface area contributed by atoms with Crippen LogP contribution in [0.15, 0.2) is 34.9 Å². The highest BCUT2D eigenvalue weighted by Crippen LogP contribution is 2.37. The Morgan fingerprint density at radius 1 is 1.38 bits per heavy atom. The number of hydrogen-bond donors (Lipinski definition) is 1. The smallest absolute Gasteiger partial charge is 0.344 e. The van der Waals surface area contributed by atoms with Gasteiger partial charge in [0.2, 0.25) is 0 Å². The Morgan fingerprint density at radius 2 is 2.04 bits per heavy atom. The molecule has 0 saturated carbocycles. The van der Waals surface area contributed by atoms with Crippen LogP contribution >= 0.6 is 0 Å². The fraction of sp³-hybridized carbons (Fsp3) is 0.250. The molecule has 0 amide bonds. The van der Waals surface area contributed by atoms with Crippen molar-refractivity contribution in [2.45, 2.75) is 20.8 Å². The molecule has 1 heterocycles. The Kier molecular flexibility index (Phi) is 4.68. The predicted octanol–water partition coefficient (Wildman–Crippen LogP) is 2.68. The molecule has 24 heavy (non-hydrogen) atoms. The number of benzene rings is 1. The molecule has 0 fully saturated rings. The standard InChI is InChI=1S/C16H15NO7/c1-4-23-15(19)13-12(8(2)3)16(20)24-11-6-5-9(17(21)22)7-10(11)14(13)18/h5-7,18H,4H2,1-3H3. The number of rotatable bonds is 3. The topological polar surface area (TPSA) is 116 Å². The van der Waals surface area contributed by atoms with Crippen LogP contribution in [-0.4, -0.2) is 28.6 Å². The van der Waals surface area contributed by atoms with Gasteiger partial charge >= 0.3 is 11.9 Å². The third-order valence-corrected chi connectivity index (χ3v) is 3.30. The molecule has 1 N–H and O–H groups in total. The van der Waals surface area contributed by atoms with E-state index in [1.807, 2.05) is 0 Å². The summed E-state index contributed by atoms with van der Waals surface area (Å²) in [7, 11) is 0. The maximum Gasteiger partial charge on any atom is 0.344 e. The van der Waals surface area contributed by atoms with E-state index in [1.165, 1.54) is 6.07 Å². The van der Waals surface area contributed by atoms with Gasteiger partial charge in [0.05, 0.1) is 22.7 Å². The summed E-state index contributed by atoms with van der Waals surface area (Å²) in [5.41, 5.74) is -0.528. The molecular formula is C16H15NO7. The van der Waals surface area contributed by atoms with Gasteiger partial charge in [0.25, 0.3) is 5.69 Å². The Labute approximate surface area is 137 Å². The molecule has 1 aromatic carbocycles. The number of ether oxygens (including phenoxy) is 2. The number of nitro benzene ring substituents is 1. The summed E-state index contributed by atoms with van der Waals surface area (Å²) in [6.45, 7) is 4.75. The lowest BCUT2D eigenvalue weighted by Gasteiger charge is -2.10. The minimum atomic E-state index is -0.914. The number of carbonyl (C=O) groups excluding carboxylic acids is 2. The van der Waals surface area contributed by atoms with E-state index in [0.29, 0.717) is 5.57 Å². The Morgan fingerprint density at radius 3 is 2.58 bits per heavy atom. The molecule has 0 radical (unpaired) electrons. The van der Waals surface area contributed by atoms with Crippen LogP contribution in [0.25, 0.3) is 5.76 Å². The molecule has 0 aromatic heterocycles. The third kappa shape index (κ3) is 2.98. The van der Waals surface area contributed by atoms with Gasteiger partial charge in [0.15, 0.2) is 0 Å². The van der Waals surface area contributed by atoms with Crippen molar-refractivity contribution in [1.29, 1.82) is 0 Å². The molecule has 2 rings (SSSR count). The van der Waals surface area contributed by atoms with E-state index in [0.717, 1.165) is 12.1 Å². The monoisotopic (exact) mass is 333 g/mol. The van der Waals surface area contributed by atoms with Crippen molar-refractivity contribution >= 4 is 23.4 Å². The Bertz CT molecular complexity index is 801. The average Bonchev–Trinajstić information content (AvgIpc) is 2.61. The summed E-state index contributed by atoms with van der Waals surface area (Å²) in [6.07, 6.45) is 0. The number of allylic oxidation sites excluding steroid dienone is 1. The largest absolute Gasteiger partial charge is 0.506 e. The van der Waals surface area contributed by atoms with Gasteiger partial charge in [0.1, 0.15) is 17.1 Å². The van der Waals surface area contributed by atoms with Crippen LogP contribution in [-0.2, 0) is 14.3 Å². The lowest BCUT2D eigenvalue weighted by molar-refractivity contribution is -0.384. The second-order valence-corrected chi connectivity index (χ2v) is 5.15. The summed E-state index contributed by atoms with van der Waals surface area (Å²) < 4.78 is 10.1. The molecule has 1 aliphatic heterocycles. The van der Waals surface area contributed by atoms with E-state index in [-0.39, 0.29) is 34.8 Å². The molecule has 0 bridgehead atoms. The minimum Gasteiger partial charge on any atom is -0.506 e. The first kappa shape index (κ1) is 17.2. The van der Waals surface area contributed by atoms with Crippen molar-refractivity contribution in [2.75, 3.05) is 6.61 Å². The zero-order valence-electron chi connectivity index (χ0n) is 13.3.